The Bertz CT molecular complexity index is 477. The minimum atomic E-state index is -0.529. The maximum Gasteiger partial charge on any atom is 0.130 e. The molecule has 0 radical (unpaired) electrons. The van der Waals surface area contributed by atoms with Gasteiger partial charge >= 0.3 is 0 Å². The minimum absolute atomic E-state index is 0.369. The first-order valence-corrected chi connectivity index (χ1v) is 7.72. The lowest BCUT2D eigenvalue weighted by Crippen LogP contribution is -2.50. The van der Waals surface area contributed by atoms with Crippen LogP contribution in [-0.4, -0.2) is 31.8 Å². The maximum absolute atomic E-state index is 13.7. The van der Waals surface area contributed by atoms with Gasteiger partial charge in [-0.05, 0) is 24.8 Å². The molecule has 1 saturated carbocycles. The number of ether oxygens (including phenoxy) is 1. The molecule has 0 bridgehead atoms. The molecule has 1 aromatic rings. The SMILES string of the molecule is Fc1ccc(CNC2CCCC2C2COCCN2)c(F)c1. The third-order valence-electron chi connectivity index (χ3n) is 4.61. The third-order valence-corrected chi connectivity index (χ3v) is 4.61. The molecule has 0 aromatic heterocycles. The summed E-state index contributed by atoms with van der Waals surface area (Å²) >= 11 is 0. The summed E-state index contributed by atoms with van der Waals surface area (Å²) in [5.41, 5.74) is 0.523. The molecule has 2 N–H and O–H groups in total. The van der Waals surface area contributed by atoms with Gasteiger partial charge < -0.3 is 15.4 Å². The Balaban J connectivity index is 1.58. The molecule has 3 nitrogen and oxygen atoms in total. The van der Waals surface area contributed by atoms with Crippen molar-refractivity contribution < 1.29 is 13.5 Å². The molecular formula is C16H22F2N2O. The number of morpholine rings is 1. The van der Waals surface area contributed by atoms with Gasteiger partial charge in [0.1, 0.15) is 11.6 Å². The lowest BCUT2D eigenvalue weighted by Gasteiger charge is -2.33. The van der Waals surface area contributed by atoms with Gasteiger partial charge in [-0.1, -0.05) is 12.5 Å². The first-order chi connectivity index (χ1) is 10.2. The fourth-order valence-electron chi connectivity index (χ4n) is 3.49. The Morgan fingerprint density at radius 1 is 1.29 bits per heavy atom. The largest absolute Gasteiger partial charge is 0.379 e. The Morgan fingerprint density at radius 2 is 2.19 bits per heavy atom. The standard InChI is InChI=1S/C16H22F2N2O/c17-12-5-4-11(14(18)8-12)9-20-15-3-1-2-13(15)16-10-21-7-6-19-16/h4-5,8,13,15-16,19-20H,1-3,6-7,9-10H2. The Labute approximate surface area is 124 Å². The molecule has 1 aromatic carbocycles. The normalized spacial score (nSPS) is 29.7. The molecule has 1 aliphatic carbocycles. The minimum Gasteiger partial charge on any atom is -0.379 e. The number of hydrogen-bond acceptors (Lipinski definition) is 3. The van der Waals surface area contributed by atoms with Crippen LogP contribution < -0.4 is 10.6 Å². The van der Waals surface area contributed by atoms with E-state index in [1.54, 1.807) is 0 Å². The van der Waals surface area contributed by atoms with E-state index in [-0.39, 0.29) is 0 Å². The van der Waals surface area contributed by atoms with Crippen LogP contribution in [0.5, 0.6) is 0 Å². The monoisotopic (exact) mass is 296 g/mol. The van der Waals surface area contributed by atoms with Crippen molar-refractivity contribution in [3.05, 3.63) is 35.4 Å². The van der Waals surface area contributed by atoms with Crippen molar-refractivity contribution in [2.75, 3.05) is 19.8 Å². The van der Waals surface area contributed by atoms with Gasteiger partial charge in [0.15, 0.2) is 0 Å². The molecular weight excluding hydrogens is 274 g/mol. The first kappa shape index (κ1) is 14.9. The first-order valence-electron chi connectivity index (χ1n) is 7.72. The van der Waals surface area contributed by atoms with Crippen LogP contribution in [0.1, 0.15) is 24.8 Å². The van der Waals surface area contributed by atoms with Crippen molar-refractivity contribution in [1.29, 1.82) is 0 Å². The molecule has 3 rings (SSSR count). The second-order valence-electron chi connectivity index (χ2n) is 5.95. The third kappa shape index (κ3) is 3.59. The van der Waals surface area contributed by atoms with Crippen LogP contribution in [-0.2, 0) is 11.3 Å². The van der Waals surface area contributed by atoms with Crippen molar-refractivity contribution >= 4 is 0 Å². The van der Waals surface area contributed by atoms with E-state index in [9.17, 15) is 8.78 Å². The van der Waals surface area contributed by atoms with E-state index in [0.29, 0.717) is 30.1 Å². The molecule has 2 aliphatic rings. The van der Waals surface area contributed by atoms with Gasteiger partial charge in [0.05, 0.1) is 13.2 Å². The van der Waals surface area contributed by atoms with E-state index in [0.717, 1.165) is 32.2 Å². The molecule has 0 amide bonds. The van der Waals surface area contributed by atoms with Gasteiger partial charge in [-0.3, -0.25) is 0 Å². The zero-order valence-corrected chi connectivity index (χ0v) is 12.1. The predicted octanol–water partition coefficient (Wildman–Crippen LogP) is 2.21. The summed E-state index contributed by atoms with van der Waals surface area (Å²) in [6.07, 6.45) is 3.46. The Hall–Kier alpha value is -1.04. The van der Waals surface area contributed by atoms with E-state index in [1.165, 1.54) is 25.0 Å². The van der Waals surface area contributed by atoms with Gasteiger partial charge in [0, 0.05) is 36.8 Å². The molecule has 116 valence electrons. The number of hydrogen-bond donors (Lipinski definition) is 2. The average molecular weight is 296 g/mol. The molecule has 1 saturated heterocycles. The van der Waals surface area contributed by atoms with Gasteiger partial charge in [0.25, 0.3) is 0 Å². The summed E-state index contributed by atoms with van der Waals surface area (Å²) in [6.45, 7) is 2.89. The van der Waals surface area contributed by atoms with Crippen molar-refractivity contribution in [2.45, 2.75) is 37.9 Å². The highest BCUT2D eigenvalue weighted by atomic mass is 19.1. The van der Waals surface area contributed by atoms with Crippen molar-refractivity contribution in [1.82, 2.24) is 10.6 Å². The van der Waals surface area contributed by atoms with E-state index in [1.807, 2.05) is 0 Å². The second-order valence-corrected chi connectivity index (χ2v) is 5.95. The Morgan fingerprint density at radius 3 is 2.95 bits per heavy atom. The van der Waals surface area contributed by atoms with Gasteiger partial charge in [0.2, 0.25) is 0 Å². The van der Waals surface area contributed by atoms with E-state index in [4.69, 9.17) is 4.74 Å². The molecule has 21 heavy (non-hydrogen) atoms. The summed E-state index contributed by atoms with van der Waals surface area (Å²) in [5, 5.41) is 6.97. The summed E-state index contributed by atoms with van der Waals surface area (Å²) in [5.74, 6) is -0.483. The zero-order valence-electron chi connectivity index (χ0n) is 12.1. The zero-order chi connectivity index (χ0) is 14.7. The molecule has 0 spiro atoms. The van der Waals surface area contributed by atoms with Crippen LogP contribution in [0.25, 0.3) is 0 Å². The number of nitrogens with one attached hydrogen (secondary N) is 2. The van der Waals surface area contributed by atoms with Crippen molar-refractivity contribution in [3.8, 4) is 0 Å². The molecule has 3 unspecified atom stereocenters. The quantitative estimate of drug-likeness (QED) is 0.894. The number of halogens is 2. The highest BCUT2D eigenvalue weighted by Gasteiger charge is 2.34. The van der Waals surface area contributed by atoms with Crippen LogP contribution in [0, 0.1) is 17.6 Å². The smallest absolute Gasteiger partial charge is 0.130 e. The van der Waals surface area contributed by atoms with Crippen LogP contribution >= 0.6 is 0 Å². The van der Waals surface area contributed by atoms with Crippen LogP contribution in [0.2, 0.25) is 0 Å². The van der Waals surface area contributed by atoms with Crippen LogP contribution in [0.15, 0.2) is 18.2 Å². The second kappa shape index (κ2) is 6.81. The fraction of sp³-hybridized carbons (Fsp3) is 0.625. The number of benzene rings is 1. The van der Waals surface area contributed by atoms with E-state index in [2.05, 4.69) is 10.6 Å². The van der Waals surface area contributed by atoms with Crippen molar-refractivity contribution in [3.63, 3.8) is 0 Å². The average Bonchev–Trinajstić information content (AvgIpc) is 2.96. The molecule has 2 fully saturated rings. The highest BCUT2D eigenvalue weighted by Crippen LogP contribution is 2.29. The molecule has 3 atom stereocenters. The van der Waals surface area contributed by atoms with Crippen LogP contribution in [0.4, 0.5) is 8.78 Å². The predicted molar refractivity (Wildman–Crippen MR) is 76.9 cm³/mol. The van der Waals surface area contributed by atoms with Crippen molar-refractivity contribution in [2.24, 2.45) is 5.92 Å². The Kier molecular flexibility index (Phi) is 4.83. The molecule has 1 heterocycles. The fourth-order valence-corrected chi connectivity index (χ4v) is 3.49. The number of rotatable bonds is 4. The highest BCUT2D eigenvalue weighted by molar-refractivity contribution is 5.18. The maximum atomic E-state index is 13.7. The lowest BCUT2D eigenvalue weighted by molar-refractivity contribution is 0.0524. The van der Waals surface area contributed by atoms with Gasteiger partial charge in [-0.25, -0.2) is 8.78 Å². The molecule has 5 heteroatoms. The summed E-state index contributed by atoms with van der Waals surface area (Å²) in [7, 11) is 0. The molecule has 1 aliphatic heterocycles. The topological polar surface area (TPSA) is 33.3 Å². The summed E-state index contributed by atoms with van der Waals surface area (Å²) < 4.78 is 32.1. The van der Waals surface area contributed by atoms with Crippen LogP contribution in [0.3, 0.4) is 0 Å². The summed E-state index contributed by atoms with van der Waals surface area (Å²) in [4.78, 5) is 0. The van der Waals surface area contributed by atoms with E-state index < -0.39 is 11.6 Å². The lowest BCUT2D eigenvalue weighted by atomic mass is 9.94. The van der Waals surface area contributed by atoms with E-state index >= 15 is 0 Å². The van der Waals surface area contributed by atoms with Gasteiger partial charge in [-0.2, -0.15) is 0 Å². The van der Waals surface area contributed by atoms with Gasteiger partial charge in [-0.15, -0.1) is 0 Å². The summed E-state index contributed by atoms with van der Waals surface area (Å²) in [6, 6.07) is 4.52.